The molecule has 0 unspecified atom stereocenters. The van der Waals surface area contributed by atoms with Gasteiger partial charge >= 0.3 is 5.97 Å². The van der Waals surface area contributed by atoms with Crippen LogP contribution in [0.4, 0.5) is 0 Å². The number of phenolic OH excluding ortho intramolecular Hbond substituents is 1. The number of hydrogen-bond acceptors (Lipinski definition) is 4. The van der Waals surface area contributed by atoms with Gasteiger partial charge in [0.25, 0.3) is 0 Å². The predicted molar refractivity (Wildman–Crippen MR) is 84.9 cm³/mol. The van der Waals surface area contributed by atoms with Crippen LogP contribution in [-0.4, -0.2) is 23.8 Å². The van der Waals surface area contributed by atoms with Crippen molar-refractivity contribution >= 4 is 5.97 Å². The molecule has 0 spiro atoms. The lowest BCUT2D eigenvalue weighted by Gasteiger charge is -2.12. The van der Waals surface area contributed by atoms with Crippen molar-refractivity contribution in [2.45, 2.75) is 26.4 Å². The zero-order valence-electron chi connectivity index (χ0n) is 12.8. The zero-order valence-corrected chi connectivity index (χ0v) is 12.8. The third kappa shape index (κ3) is 4.33. The van der Waals surface area contributed by atoms with Crippen molar-refractivity contribution in [3.05, 3.63) is 48.5 Å². The molecule has 4 heteroatoms. The molecule has 22 heavy (non-hydrogen) atoms. The number of carbonyl (C=O) groups is 1. The molecule has 0 aliphatic carbocycles. The lowest BCUT2D eigenvalue weighted by Crippen LogP contribution is -2.26. The van der Waals surface area contributed by atoms with Crippen LogP contribution in [-0.2, 0) is 9.53 Å². The number of hydrogen-bond donors (Lipinski definition) is 1. The highest BCUT2D eigenvalue weighted by Crippen LogP contribution is 2.24. The van der Waals surface area contributed by atoms with Gasteiger partial charge in [-0.05, 0) is 48.7 Å². The number of phenols is 1. The van der Waals surface area contributed by atoms with Gasteiger partial charge in [0.05, 0.1) is 0 Å². The smallest absolute Gasteiger partial charge is 0.340 e. The van der Waals surface area contributed by atoms with Crippen molar-refractivity contribution in [3.63, 3.8) is 0 Å². The monoisotopic (exact) mass is 300 g/mol. The van der Waals surface area contributed by atoms with E-state index in [1.165, 1.54) is 0 Å². The van der Waals surface area contributed by atoms with Gasteiger partial charge in [-0.25, -0.2) is 4.79 Å². The van der Waals surface area contributed by atoms with Crippen molar-refractivity contribution in [2.24, 2.45) is 0 Å². The lowest BCUT2D eigenvalue weighted by molar-refractivity contribution is -0.146. The van der Waals surface area contributed by atoms with E-state index in [-0.39, 0.29) is 5.75 Å². The summed E-state index contributed by atoms with van der Waals surface area (Å²) >= 11 is 0. The van der Waals surface area contributed by atoms with Crippen molar-refractivity contribution in [1.29, 1.82) is 0 Å². The fraction of sp³-hybridized carbons (Fsp3) is 0.278. The maximum atomic E-state index is 11.8. The molecule has 116 valence electrons. The van der Waals surface area contributed by atoms with Crippen LogP contribution < -0.4 is 4.74 Å². The third-order valence-corrected chi connectivity index (χ3v) is 3.18. The fourth-order valence-electron chi connectivity index (χ4n) is 1.93. The topological polar surface area (TPSA) is 55.8 Å². The summed E-state index contributed by atoms with van der Waals surface area (Å²) in [6.07, 6.45) is 0.288. The molecule has 2 aromatic carbocycles. The van der Waals surface area contributed by atoms with Crippen molar-refractivity contribution in [3.8, 4) is 22.6 Å². The molecule has 0 bridgehead atoms. The standard InChI is InChI=1S/C18H20O4/c1-3-12-21-13(2)18(20)22-17-10-6-15(7-11-17)14-4-8-16(19)9-5-14/h4-11,13,19H,3,12H2,1-2H3/t13-/m0/s1. The Kier molecular flexibility index (Phi) is 5.55. The van der Waals surface area contributed by atoms with Crippen LogP contribution in [0.15, 0.2) is 48.5 Å². The summed E-state index contributed by atoms with van der Waals surface area (Å²) in [6.45, 7) is 4.21. The Hall–Kier alpha value is -2.33. The highest BCUT2D eigenvalue weighted by Gasteiger charge is 2.15. The maximum absolute atomic E-state index is 11.8. The third-order valence-electron chi connectivity index (χ3n) is 3.18. The quantitative estimate of drug-likeness (QED) is 0.651. The molecule has 0 fully saturated rings. The highest BCUT2D eigenvalue weighted by molar-refractivity contribution is 5.77. The first-order valence-corrected chi connectivity index (χ1v) is 7.33. The van der Waals surface area contributed by atoms with Crippen LogP contribution >= 0.6 is 0 Å². The molecule has 0 amide bonds. The Balaban J connectivity index is 2.00. The molecule has 2 rings (SSSR count). The highest BCUT2D eigenvalue weighted by atomic mass is 16.6. The van der Waals surface area contributed by atoms with Gasteiger partial charge in [0.15, 0.2) is 6.10 Å². The molecule has 0 aliphatic rings. The van der Waals surface area contributed by atoms with Gasteiger partial charge in [0.2, 0.25) is 0 Å². The second-order valence-corrected chi connectivity index (χ2v) is 5.01. The van der Waals surface area contributed by atoms with Crippen LogP contribution in [0, 0.1) is 0 Å². The minimum atomic E-state index is -0.572. The first kappa shape index (κ1) is 16.0. The molecule has 2 aromatic rings. The Morgan fingerprint density at radius 3 is 2.14 bits per heavy atom. The minimum absolute atomic E-state index is 0.232. The number of esters is 1. The molecule has 0 radical (unpaired) electrons. The van der Waals surface area contributed by atoms with E-state index in [2.05, 4.69) is 0 Å². The van der Waals surface area contributed by atoms with Gasteiger partial charge < -0.3 is 14.6 Å². The van der Waals surface area contributed by atoms with Gasteiger partial charge in [-0.15, -0.1) is 0 Å². The van der Waals surface area contributed by atoms with E-state index in [0.29, 0.717) is 12.4 Å². The summed E-state index contributed by atoms with van der Waals surface area (Å²) in [5, 5.41) is 9.29. The van der Waals surface area contributed by atoms with E-state index in [1.807, 2.05) is 31.2 Å². The number of ether oxygens (including phenoxy) is 2. The summed E-state index contributed by atoms with van der Waals surface area (Å²) in [6, 6.07) is 14.2. The van der Waals surface area contributed by atoms with Crippen molar-refractivity contribution < 1.29 is 19.4 Å². The number of carbonyl (C=O) groups excluding carboxylic acids is 1. The average molecular weight is 300 g/mol. The van der Waals surface area contributed by atoms with Crippen LogP contribution in [0.2, 0.25) is 0 Å². The van der Waals surface area contributed by atoms with E-state index >= 15 is 0 Å². The summed E-state index contributed by atoms with van der Waals surface area (Å²) in [4.78, 5) is 11.8. The second kappa shape index (κ2) is 7.61. The summed E-state index contributed by atoms with van der Waals surface area (Å²) < 4.78 is 10.6. The van der Waals surface area contributed by atoms with Gasteiger partial charge in [-0.1, -0.05) is 31.2 Å². The van der Waals surface area contributed by atoms with Crippen molar-refractivity contribution in [2.75, 3.05) is 6.61 Å². The van der Waals surface area contributed by atoms with Gasteiger partial charge in [-0.3, -0.25) is 0 Å². The summed E-state index contributed by atoms with van der Waals surface area (Å²) in [5.41, 5.74) is 1.96. The minimum Gasteiger partial charge on any atom is -0.508 e. The van der Waals surface area contributed by atoms with Gasteiger partial charge in [-0.2, -0.15) is 0 Å². The predicted octanol–water partition coefficient (Wildman–Crippen LogP) is 3.78. The summed E-state index contributed by atoms with van der Waals surface area (Å²) in [7, 11) is 0. The van der Waals surface area contributed by atoms with Gasteiger partial charge in [0, 0.05) is 6.61 Å². The molecule has 1 N–H and O–H groups in total. The normalized spacial score (nSPS) is 11.9. The van der Waals surface area contributed by atoms with E-state index < -0.39 is 12.1 Å². The first-order chi connectivity index (χ1) is 10.6. The van der Waals surface area contributed by atoms with E-state index in [4.69, 9.17) is 9.47 Å². The molecule has 4 nitrogen and oxygen atoms in total. The molecule has 0 saturated heterocycles. The Bertz CT molecular complexity index is 602. The number of rotatable bonds is 6. The molecular formula is C18H20O4. The SMILES string of the molecule is CCCO[C@@H](C)C(=O)Oc1ccc(-c2ccc(O)cc2)cc1. The van der Waals surface area contributed by atoms with Crippen molar-refractivity contribution in [1.82, 2.24) is 0 Å². The van der Waals surface area contributed by atoms with E-state index in [1.54, 1.807) is 31.2 Å². The Morgan fingerprint density at radius 2 is 1.59 bits per heavy atom. The van der Waals surface area contributed by atoms with Crippen LogP contribution in [0.1, 0.15) is 20.3 Å². The number of aromatic hydroxyl groups is 1. The van der Waals surface area contributed by atoms with E-state index in [0.717, 1.165) is 17.5 Å². The molecule has 0 heterocycles. The van der Waals surface area contributed by atoms with Crippen LogP contribution in [0.5, 0.6) is 11.5 Å². The second-order valence-electron chi connectivity index (χ2n) is 5.01. The maximum Gasteiger partial charge on any atom is 0.340 e. The summed E-state index contributed by atoms with van der Waals surface area (Å²) in [5.74, 6) is 0.320. The average Bonchev–Trinajstić information content (AvgIpc) is 2.54. The fourth-order valence-corrected chi connectivity index (χ4v) is 1.93. The molecular weight excluding hydrogens is 280 g/mol. The largest absolute Gasteiger partial charge is 0.508 e. The Morgan fingerprint density at radius 1 is 1.05 bits per heavy atom. The van der Waals surface area contributed by atoms with E-state index in [9.17, 15) is 9.90 Å². The van der Waals surface area contributed by atoms with Gasteiger partial charge in [0.1, 0.15) is 11.5 Å². The molecule has 0 aliphatic heterocycles. The molecule has 0 aromatic heterocycles. The first-order valence-electron chi connectivity index (χ1n) is 7.33. The zero-order chi connectivity index (χ0) is 15.9. The van der Waals surface area contributed by atoms with Crippen LogP contribution in [0.3, 0.4) is 0 Å². The Labute approximate surface area is 130 Å². The molecule has 0 saturated carbocycles. The van der Waals surface area contributed by atoms with Crippen LogP contribution in [0.25, 0.3) is 11.1 Å². The number of benzene rings is 2. The molecule has 1 atom stereocenters. The lowest BCUT2D eigenvalue weighted by atomic mass is 10.1.